The monoisotopic (exact) mass is 328 g/mol. The van der Waals surface area contributed by atoms with E-state index in [0.29, 0.717) is 17.7 Å². The van der Waals surface area contributed by atoms with Crippen LogP contribution < -0.4 is 5.32 Å². The van der Waals surface area contributed by atoms with Crippen molar-refractivity contribution in [3.63, 3.8) is 0 Å². The van der Waals surface area contributed by atoms with Crippen LogP contribution in [0.5, 0.6) is 0 Å². The van der Waals surface area contributed by atoms with Gasteiger partial charge in [-0.2, -0.15) is 0 Å². The van der Waals surface area contributed by atoms with Crippen LogP contribution in [0.15, 0.2) is 34.7 Å². The van der Waals surface area contributed by atoms with Gasteiger partial charge in [0, 0.05) is 26.1 Å². The molecule has 1 aromatic heterocycles. The number of hydrogen-bond acceptors (Lipinski definition) is 5. The Hall–Kier alpha value is -2.21. The van der Waals surface area contributed by atoms with E-state index >= 15 is 0 Å². The Bertz CT molecular complexity index is 671. The smallest absolute Gasteiger partial charge is 0.229 e. The molecule has 6 nitrogen and oxygen atoms in total. The van der Waals surface area contributed by atoms with Crippen molar-refractivity contribution in [2.75, 3.05) is 13.1 Å². The minimum absolute atomic E-state index is 0.0624. The summed E-state index contributed by atoms with van der Waals surface area (Å²) in [6.45, 7) is 6.85. The first-order valence-electron chi connectivity index (χ1n) is 8.45. The van der Waals surface area contributed by atoms with Crippen LogP contribution >= 0.6 is 0 Å². The van der Waals surface area contributed by atoms with Crippen molar-refractivity contribution >= 4 is 5.91 Å². The van der Waals surface area contributed by atoms with Gasteiger partial charge in [-0.3, -0.25) is 9.69 Å². The van der Waals surface area contributed by atoms with Crippen molar-refractivity contribution in [3.05, 3.63) is 47.7 Å². The lowest BCUT2D eigenvalue weighted by atomic mass is 10.0. The van der Waals surface area contributed by atoms with E-state index < -0.39 is 0 Å². The second-order valence-corrected chi connectivity index (χ2v) is 6.52. The standard InChI is InChI=1S/C18H24N4O2/c1-13(19-17(23)10-18-21-20-14(2)24-18)16-8-9-22(12-16)11-15-6-4-3-5-7-15/h3-7,13,16H,8-12H2,1-2H3,(H,19,23)/t13-,16-/m0/s1. The van der Waals surface area contributed by atoms with Crippen LogP contribution in [0.2, 0.25) is 0 Å². The molecule has 0 bridgehead atoms. The van der Waals surface area contributed by atoms with Crippen LogP contribution in [0.4, 0.5) is 0 Å². The third kappa shape index (κ3) is 4.41. The number of nitrogens with one attached hydrogen (secondary N) is 1. The van der Waals surface area contributed by atoms with Crippen LogP contribution in [-0.4, -0.2) is 40.1 Å². The Labute approximate surface area is 142 Å². The minimum atomic E-state index is -0.0624. The van der Waals surface area contributed by atoms with E-state index in [-0.39, 0.29) is 18.4 Å². The molecule has 0 saturated carbocycles. The third-order valence-corrected chi connectivity index (χ3v) is 4.53. The molecule has 0 spiro atoms. The average Bonchev–Trinajstić information content (AvgIpc) is 3.17. The number of carbonyl (C=O) groups excluding carboxylic acids is 1. The fraction of sp³-hybridized carbons (Fsp3) is 0.500. The fourth-order valence-corrected chi connectivity index (χ4v) is 3.23. The summed E-state index contributed by atoms with van der Waals surface area (Å²) in [6, 6.07) is 10.6. The van der Waals surface area contributed by atoms with Gasteiger partial charge in [-0.1, -0.05) is 30.3 Å². The van der Waals surface area contributed by atoms with Gasteiger partial charge in [0.1, 0.15) is 6.42 Å². The van der Waals surface area contributed by atoms with E-state index in [4.69, 9.17) is 4.42 Å². The zero-order valence-corrected chi connectivity index (χ0v) is 14.2. The maximum absolute atomic E-state index is 12.1. The lowest BCUT2D eigenvalue weighted by Crippen LogP contribution is -2.40. The SMILES string of the molecule is Cc1nnc(CC(=O)N[C@@H](C)[C@H]2CCN(Cc3ccccc3)C2)o1. The van der Waals surface area contributed by atoms with Gasteiger partial charge in [-0.25, -0.2) is 0 Å². The third-order valence-electron chi connectivity index (χ3n) is 4.53. The lowest BCUT2D eigenvalue weighted by Gasteiger charge is -2.21. The number of carbonyl (C=O) groups is 1. The molecule has 24 heavy (non-hydrogen) atoms. The van der Waals surface area contributed by atoms with Crippen LogP contribution in [0.3, 0.4) is 0 Å². The number of aromatic nitrogens is 2. The Morgan fingerprint density at radius 3 is 2.88 bits per heavy atom. The van der Waals surface area contributed by atoms with Crippen LogP contribution in [0.1, 0.15) is 30.7 Å². The highest BCUT2D eigenvalue weighted by molar-refractivity contribution is 5.77. The number of amides is 1. The van der Waals surface area contributed by atoms with Crippen molar-refractivity contribution in [1.82, 2.24) is 20.4 Å². The maximum Gasteiger partial charge on any atom is 0.229 e. The highest BCUT2D eigenvalue weighted by Crippen LogP contribution is 2.21. The highest BCUT2D eigenvalue weighted by atomic mass is 16.4. The molecule has 0 radical (unpaired) electrons. The summed E-state index contributed by atoms with van der Waals surface area (Å²) < 4.78 is 5.25. The average molecular weight is 328 g/mol. The second-order valence-electron chi connectivity index (χ2n) is 6.52. The molecule has 0 unspecified atom stereocenters. The van der Waals surface area contributed by atoms with Gasteiger partial charge < -0.3 is 9.73 Å². The first-order valence-corrected chi connectivity index (χ1v) is 8.45. The summed E-state index contributed by atoms with van der Waals surface area (Å²) in [7, 11) is 0. The Kier molecular flexibility index (Phi) is 5.25. The van der Waals surface area contributed by atoms with Gasteiger partial charge in [0.2, 0.25) is 17.7 Å². The molecule has 1 N–H and O–H groups in total. The highest BCUT2D eigenvalue weighted by Gasteiger charge is 2.28. The molecule has 2 heterocycles. The first-order chi connectivity index (χ1) is 11.6. The summed E-state index contributed by atoms with van der Waals surface area (Å²) >= 11 is 0. The molecule has 6 heteroatoms. The summed E-state index contributed by atoms with van der Waals surface area (Å²) in [4.78, 5) is 14.6. The molecular weight excluding hydrogens is 304 g/mol. The molecule has 1 fully saturated rings. The normalized spacial score (nSPS) is 19.3. The Balaban J connectivity index is 1.45. The number of hydrogen-bond donors (Lipinski definition) is 1. The number of nitrogens with zero attached hydrogens (tertiary/aromatic N) is 3. The number of benzene rings is 1. The summed E-state index contributed by atoms with van der Waals surface area (Å²) in [5, 5.41) is 10.7. The van der Waals surface area contributed by atoms with Gasteiger partial charge in [0.15, 0.2) is 0 Å². The molecule has 2 aromatic rings. The number of rotatable bonds is 6. The molecule has 1 amide bonds. The van der Waals surface area contributed by atoms with E-state index in [1.807, 2.05) is 6.07 Å². The Morgan fingerprint density at radius 1 is 1.38 bits per heavy atom. The zero-order chi connectivity index (χ0) is 16.9. The molecule has 1 aliphatic rings. The first kappa shape index (κ1) is 16.6. The van der Waals surface area contributed by atoms with Gasteiger partial charge in [-0.15, -0.1) is 10.2 Å². The van der Waals surface area contributed by atoms with Crippen LogP contribution in [0.25, 0.3) is 0 Å². The summed E-state index contributed by atoms with van der Waals surface area (Å²) in [5.74, 6) is 1.27. The maximum atomic E-state index is 12.1. The van der Waals surface area contributed by atoms with E-state index in [1.54, 1.807) is 6.92 Å². The van der Waals surface area contributed by atoms with E-state index in [9.17, 15) is 4.79 Å². The van der Waals surface area contributed by atoms with Crippen molar-refractivity contribution in [2.45, 2.75) is 39.3 Å². The van der Waals surface area contributed by atoms with Crippen molar-refractivity contribution in [3.8, 4) is 0 Å². The van der Waals surface area contributed by atoms with Gasteiger partial charge in [-0.05, 0) is 31.4 Å². The number of likely N-dealkylation sites (tertiary alicyclic amines) is 1. The molecule has 2 atom stereocenters. The largest absolute Gasteiger partial charge is 0.425 e. The predicted octanol–water partition coefficient (Wildman–Crippen LogP) is 1.95. The van der Waals surface area contributed by atoms with E-state index in [0.717, 1.165) is 26.1 Å². The molecule has 3 rings (SSSR count). The molecule has 1 saturated heterocycles. The summed E-state index contributed by atoms with van der Waals surface area (Å²) in [6.07, 6.45) is 1.25. The molecule has 0 aliphatic carbocycles. The topological polar surface area (TPSA) is 71.3 Å². The lowest BCUT2D eigenvalue weighted by molar-refractivity contribution is -0.121. The molecular formula is C18H24N4O2. The van der Waals surface area contributed by atoms with Crippen LogP contribution in [-0.2, 0) is 17.8 Å². The summed E-state index contributed by atoms with van der Waals surface area (Å²) in [5.41, 5.74) is 1.33. The minimum Gasteiger partial charge on any atom is -0.425 e. The van der Waals surface area contributed by atoms with Gasteiger partial charge in [0.25, 0.3) is 0 Å². The van der Waals surface area contributed by atoms with Crippen LogP contribution in [0, 0.1) is 12.8 Å². The van der Waals surface area contributed by atoms with Gasteiger partial charge in [0.05, 0.1) is 0 Å². The predicted molar refractivity (Wildman–Crippen MR) is 90.2 cm³/mol. The fourth-order valence-electron chi connectivity index (χ4n) is 3.23. The molecule has 1 aromatic carbocycles. The van der Waals surface area contributed by atoms with E-state index in [1.165, 1.54) is 5.56 Å². The second kappa shape index (κ2) is 7.57. The van der Waals surface area contributed by atoms with Crippen molar-refractivity contribution < 1.29 is 9.21 Å². The van der Waals surface area contributed by atoms with Gasteiger partial charge >= 0.3 is 0 Å². The van der Waals surface area contributed by atoms with E-state index in [2.05, 4.69) is 51.6 Å². The molecule has 128 valence electrons. The zero-order valence-electron chi connectivity index (χ0n) is 14.2. The molecule has 1 aliphatic heterocycles. The quantitative estimate of drug-likeness (QED) is 0.877. The van der Waals surface area contributed by atoms with Crippen molar-refractivity contribution in [1.29, 1.82) is 0 Å². The Morgan fingerprint density at radius 2 is 2.17 bits per heavy atom. The number of aryl methyl sites for hydroxylation is 1. The van der Waals surface area contributed by atoms with Crippen molar-refractivity contribution in [2.24, 2.45) is 5.92 Å².